The smallest absolute Gasteiger partial charge is 0.0880 e. The van der Waals surface area contributed by atoms with E-state index in [1.807, 2.05) is 30.5 Å². The zero-order valence-electron chi connectivity index (χ0n) is 7.94. The molecule has 0 spiro atoms. The van der Waals surface area contributed by atoms with E-state index in [1.165, 1.54) is 0 Å². The van der Waals surface area contributed by atoms with Crippen LogP contribution in [-0.2, 0) is 0 Å². The number of aromatic nitrogens is 1. The van der Waals surface area contributed by atoms with Crippen molar-refractivity contribution in [2.75, 3.05) is 6.54 Å². The fourth-order valence-corrected chi connectivity index (χ4v) is 1.39. The third-order valence-corrected chi connectivity index (χ3v) is 2.02. The van der Waals surface area contributed by atoms with Gasteiger partial charge in [-0.05, 0) is 17.7 Å². The zero-order valence-corrected chi connectivity index (χ0v) is 7.94. The minimum absolute atomic E-state index is 0.202. The maximum atomic E-state index is 8.09. The quantitative estimate of drug-likeness (QED) is 0.315. The number of nitrogens with one attached hydrogen (secondary N) is 1. The minimum Gasteiger partial charge on any atom is -0.360 e. The van der Waals surface area contributed by atoms with Crippen LogP contribution in [0.5, 0.6) is 0 Å². The van der Waals surface area contributed by atoms with Crippen molar-refractivity contribution in [1.29, 1.82) is 0 Å². The molecule has 2 aromatic rings. The van der Waals surface area contributed by atoms with E-state index in [9.17, 15) is 0 Å². The molecule has 0 aliphatic carbocycles. The monoisotopic (exact) mass is 196 g/mol. The van der Waals surface area contributed by atoms with Crippen molar-refractivity contribution in [2.24, 2.45) is 5.11 Å². The van der Waals surface area contributed by atoms with Crippen molar-refractivity contribution in [2.45, 2.75) is 0 Å². The number of H-pyrrole nitrogens is 1. The Balaban J connectivity index is 2.37. The summed E-state index contributed by atoms with van der Waals surface area (Å²) < 4.78 is 0. The summed E-state index contributed by atoms with van der Waals surface area (Å²) in [5, 5.41) is 4.48. The molecule has 0 atom stereocenters. The van der Waals surface area contributed by atoms with Gasteiger partial charge in [-0.1, -0.05) is 29.1 Å². The summed E-state index contributed by atoms with van der Waals surface area (Å²) in [5.41, 5.74) is 10.0. The molecule has 0 fully saturated rings. The van der Waals surface area contributed by atoms with Gasteiger partial charge in [0, 0.05) is 22.1 Å². The van der Waals surface area contributed by atoms with E-state index in [1.54, 1.807) is 0 Å². The van der Waals surface area contributed by atoms with Gasteiger partial charge in [0.15, 0.2) is 0 Å². The fourth-order valence-electron chi connectivity index (χ4n) is 1.39. The summed E-state index contributed by atoms with van der Waals surface area (Å²) in [4.78, 5) is 5.76. The highest BCUT2D eigenvalue weighted by molar-refractivity contribution is 5.85. The van der Waals surface area contributed by atoms with Gasteiger partial charge in [-0.15, -0.1) is 0 Å². The first-order valence-corrected chi connectivity index (χ1v) is 4.47. The van der Waals surface area contributed by atoms with E-state index in [4.69, 9.17) is 5.53 Å². The van der Waals surface area contributed by atoms with Crippen LogP contribution in [0.1, 0.15) is 5.56 Å². The lowest BCUT2D eigenvalue weighted by atomic mass is 10.1. The number of azide groups is 1. The summed E-state index contributed by atoms with van der Waals surface area (Å²) in [6, 6.07) is 7.90. The molecule has 0 saturated carbocycles. The Hall–Kier alpha value is -2.37. The molecule has 1 N–H and O–H groups in total. The van der Waals surface area contributed by atoms with Crippen LogP contribution in [0.2, 0.25) is 0 Å². The molecular formula is C11H8N4. The normalized spacial score (nSPS) is 9.07. The van der Waals surface area contributed by atoms with Crippen molar-refractivity contribution in [3.63, 3.8) is 0 Å². The topological polar surface area (TPSA) is 64.6 Å². The van der Waals surface area contributed by atoms with Gasteiger partial charge in [0.1, 0.15) is 0 Å². The van der Waals surface area contributed by atoms with E-state index < -0.39 is 0 Å². The first kappa shape index (κ1) is 9.20. The van der Waals surface area contributed by atoms with Gasteiger partial charge in [0.05, 0.1) is 12.1 Å². The molecule has 1 heterocycles. The van der Waals surface area contributed by atoms with E-state index >= 15 is 0 Å². The maximum absolute atomic E-state index is 8.09. The lowest BCUT2D eigenvalue weighted by Crippen LogP contribution is -1.78. The largest absolute Gasteiger partial charge is 0.360 e. The second-order valence-corrected chi connectivity index (χ2v) is 2.94. The summed E-state index contributed by atoms with van der Waals surface area (Å²) in [5.74, 6) is 5.76. The summed E-state index contributed by atoms with van der Waals surface area (Å²) in [7, 11) is 0. The maximum Gasteiger partial charge on any atom is 0.0880 e. The van der Waals surface area contributed by atoms with Crippen LogP contribution in [0.15, 0.2) is 35.6 Å². The highest BCUT2D eigenvalue weighted by Gasteiger charge is 1.96. The number of hydrogen-bond acceptors (Lipinski definition) is 1. The molecule has 0 bridgehead atoms. The van der Waals surface area contributed by atoms with E-state index in [-0.39, 0.29) is 6.54 Å². The molecule has 15 heavy (non-hydrogen) atoms. The highest BCUT2D eigenvalue weighted by Crippen LogP contribution is 2.15. The minimum atomic E-state index is 0.202. The molecular weight excluding hydrogens is 188 g/mol. The molecule has 0 unspecified atom stereocenters. The van der Waals surface area contributed by atoms with Crippen LogP contribution < -0.4 is 0 Å². The average molecular weight is 196 g/mol. The van der Waals surface area contributed by atoms with Gasteiger partial charge in [-0.2, -0.15) is 0 Å². The molecule has 72 valence electrons. The SMILES string of the molecule is [N-]=[N+]=NCC#Cc1cccc2cc[nH]c12. The number of benzene rings is 1. The van der Waals surface area contributed by atoms with Crippen molar-refractivity contribution < 1.29 is 0 Å². The molecule has 0 aliphatic rings. The average Bonchev–Trinajstić information content (AvgIpc) is 2.73. The molecule has 0 amide bonds. The van der Waals surface area contributed by atoms with Crippen molar-refractivity contribution >= 4 is 10.9 Å². The Morgan fingerprint density at radius 3 is 3.20 bits per heavy atom. The third kappa shape index (κ3) is 1.93. The van der Waals surface area contributed by atoms with Gasteiger partial charge >= 0.3 is 0 Å². The third-order valence-electron chi connectivity index (χ3n) is 2.02. The van der Waals surface area contributed by atoms with Gasteiger partial charge in [0.2, 0.25) is 0 Å². The van der Waals surface area contributed by atoms with Crippen LogP contribution in [-0.4, -0.2) is 11.5 Å². The molecule has 4 heteroatoms. The Labute approximate surface area is 86.6 Å². The van der Waals surface area contributed by atoms with E-state index in [0.29, 0.717) is 0 Å². The zero-order chi connectivity index (χ0) is 10.5. The second-order valence-electron chi connectivity index (χ2n) is 2.94. The van der Waals surface area contributed by atoms with Crippen LogP contribution >= 0.6 is 0 Å². The Morgan fingerprint density at radius 2 is 2.33 bits per heavy atom. The molecule has 1 aromatic carbocycles. The fraction of sp³-hybridized carbons (Fsp3) is 0.0909. The Morgan fingerprint density at radius 1 is 1.40 bits per heavy atom. The molecule has 2 rings (SSSR count). The van der Waals surface area contributed by atoms with Gasteiger partial charge in [-0.3, -0.25) is 0 Å². The first-order valence-electron chi connectivity index (χ1n) is 4.47. The standard InChI is InChI=1S/C11H8N4/c12-15-14-7-2-5-9-3-1-4-10-6-8-13-11(9)10/h1,3-4,6,8,13H,7H2. The predicted octanol–water partition coefficient (Wildman–Crippen LogP) is 2.83. The van der Waals surface area contributed by atoms with Crippen molar-refractivity contribution in [3.05, 3.63) is 46.5 Å². The summed E-state index contributed by atoms with van der Waals surface area (Å²) >= 11 is 0. The molecule has 1 aromatic heterocycles. The van der Waals surface area contributed by atoms with Gasteiger partial charge < -0.3 is 4.98 Å². The molecule has 0 saturated heterocycles. The summed E-state index contributed by atoms with van der Waals surface area (Å²) in [6.07, 6.45) is 1.88. The molecule has 4 nitrogen and oxygen atoms in total. The molecule has 0 radical (unpaired) electrons. The number of nitrogens with zero attached hydrogens (tertiary/aromatic N) is 3. The van der Waals surface area contributed by atoms with Crippen molar-refractivity contribution in [3.8, 4) is 11.8 Å². The lowest BCUT2D eigenvalue weighted by molar-refractivity contribution is 1.25. The van der Waals surface area contributed by atoms with E-state index in [2.05, 4.69) is 26.9 Å². The number of fused-ring (bicyclic) bond motifs is 1. The van der Waals surface area contributed by atoms with Gasteiger partial charge in [-0.25, -0.2) is 0 Å². The Kier molecular flexibility index (Phi) is 2.59. The lowest BCUT2D eigenvalue weighted by Gasteiger charge is -1.92. The number of rotatable bonds is 1. The number of hydrogen-bond donors (Lipinski definition) is 1. The highest BCUT2D eigenvalue weighted by atomic mass is 15.1. The van der Waals surface area contributed by atoms with Gasteiger partial charge in [0.25, 0.3) is 0 Å². The second kappa shape index (κ2) is 4.23. The van der Waals surface area contributed by atoms with E-state index in [0.717, 1.165) is 16.5 Å². The first-order chi connectivity index (χ1) is 7.42. The number of aromatic amines is 1. The van der Waals surface area contributed by atoms with Crippen LogP contribution in [0.4, 0.5) is 0 Å². The van der Waals surface area contributed by atoms with Crippen LogP contribution in [0, 0.1) is 11.8 Å². The number of para-hydroxylation sites is 1. The molecule has 0 aliphatic heterocycles. The predicted molar refractivity (Wildman–Crippen MR) is 59.2 cm³/mol. The van der Waals surface area contributed by atoms with Crippen LogP contribution in [0.3, 0.4) is 0 Å². The Bertz CT molecular complexity index is 579. The van der Waals surface area contributed by atoms with Crippen molar-refractivity contribution in [1.82, 2.24) is 4.98 Å². The van der Waals surface area contributed by atoms with Crippen LogP contribution in [0.25, 0.3) is 21.3 Å². The summed E-state index contributed by atoms with van der Waals surface area (Å²) in [6.45, 7) is 0.202.